The van der Waals surface area contributed by atoms with Crippen LogP contribution in [0.15, 0.2) is 60.7 Å². The van der Waals surface area contributed by atoms with E-state index >= 15 is 0 Å². The van der Waals surface area contributed by atoms with Crippen LogP contribution in [0.3, 0.4) is 0 Å². The predicted molar refractivity (Wildman–Crippen MR) is 115 cm³/mol. The summed E-state index contributed by atoms with van der Waals surface area (Å²) < 4.78 is 0. The van der Waals surface area contributed by atoms with E-state index in [1.807, 2.05) is 48.5 Å². The van der Waals surface area contributed by atoms with Gasteiger partial charge in [-0.3, -0.25) is 9.69 Å². The summed E-state index contributed by atoms with van der Waals surface area (Å²) in [7, 11) is 0. The summed E-state index contributed by atoms with van der Waals surface area (Å²) in [4.78, 5) is 15.0. The molecule has 0 saturated carbocycles. The van der Waals surface area contributed by atoms with Gasteiger partial charge in [0.2, 0.25) is 5.91 Å². The number of piperidine rings is 1. The first-order valence-corrected chi connectivity index (χ1v) is 9.10. The molecule has 1 aliphatic rings. The molecule has 1 aliphatic heterocycles. The van der Waals surface area contributed by atoms with Crippen molar-refractivity contribution in [1.82, 2.24) is 10.2 Å². The molecule has 4 nitrogen and oxygen atoms in total. The molecule has 3 N–H and O–H groups in total. The van der Waals surface area contributed by atoms with E-state index in [4.69, 9.17) is 5.73 Å². The van der Waals surface area contributed by atoms with Crippen LogP contribution in [-0.4, -0.2) is 29.9 Å². The Hall–Kier alpha value is -1.59. The molecule has 2 aromatic carbocycles. The summed E-state index contributed by atoms with van der Waals surface area (Å²) in [6, 6.07) is 20.0. The number of likely N-dealkylation sites (tertiary alicyclic amines) is 1. The molecule has 1 heterocycles. The number of amides is 1. The highest BCUT2D eigenvalue weighted by atomic mass is 35.5. The lowest BCUT2D eigenvalue weighted by Gasteiger charge is -2.35. The predicted octanol–water partition coefficient (Wildman–Crippen LogP) is 3.70. The van der Waals surface area contributed by atoms with E-state index in [1.165, 1.54) is 5.56 Å². The minimum absolute atomic E-state index is 0. The Bertz CT molecular complexity index is 670. The van der Waals surface area contributed by atoms with Gasteiger partial charge in [0.05, 0.1) is 6.04 Å². The van der Waals surface area contributed by atoms with Crippen molar-refractivity contribution in [3.8, 4) is 0 Å². The average Bonchev–Trinajstić information content (AvgIpc) is 2.68. The van der Waals surface area contributed by atoms with Gasteiger partial charge in [0.1, 0.15) is 0 Å². The van der Waals surface area contributed by atoms with E-state index < -0.39 is 0 Å². The largest absolute Gasteiger partial charge is 0.353 e. The van der Waals surface area contributed by atoms with Crippen LogP contribution in [0.5, 0.6) is 0 Å². The third-order valence-electron chi connectivity index (χ3n) is 4.87. The third kappa shape index (κ3) is 6.82. The molecule has 0 aliphatic carbocycles. The van der Waals surface area contributed by atoms with Gasteiger partial charge in [0.25, 0.3) is 0 Å². The van der Waals surface area contributed by atoms with Crippen molar-refractivity contribution in [1.29, 1.82) is 0 Å². The first kappa shape index (κ1) is 23.4. The second-order valence-electron chi connectivity index (χ2n) is 6.73. The monoisotopic (exact) mass is 409 g/mol. The maximum Gasteiger partial charge on any atom is 0.237 e. The Balaban J connectivity index is 0.00000182. The van der Waals surface area contributed by atoms with Crippen LogP contribution in [0, 0.1) is 0 Å². The Kier molecular flexibility index (Phi) is 10.4. The van der Waals surface area contributed by atoms with Crippen LogP contribution < -0.4 is 11.1 Å². The Morgan fingerprint density at radius 3 is 2.33 bits per heavy atom. The number of benzene rings is 2. The fraction of sp³-hybridized carbons (Fsp3) is 0.381. The lowest BCUT2D eigenvalue weighted by atomic mass is 10.00. The maximum absolute atomic E-state index is 12.7. The third-order valence-corrected chi connectivity index (χ3v) is 4.87. The number of halogens is 2. The van der Waals surface area contributed by atoms with Crippen LogP contribution in [-0.2, 0) is 11.3 Å². The topological polar surface area (TPSA) is 58.4 Å². The summed E-state index contributed by atoms with van der Waals surface area (Å²) in [6.45, 7) is 2.26. The molecule has 0 radical (unpaired) electrons. The minimum Gasteiger partial charge on any atom is -0.353 e. The fourth-order valence-electron chi connectivity index (χ4n) is 3.44. The van der Waals surface area contributed by atoms with Gasteiger partial charge in [-0.05, 0) is 30.5 Å². The van der Waals surface area contributed by atoms with E-state index in [1.54, 1.807) is 0 Å². The number of nitrogens with one attached hydrogen (secondary N) is 1. The molecule has 148 valence electrons. The van der Waals surface area contributed by atoms with E-state index in [-0.39, 0.29) is 42.8 Å². The van der Waals surface area contributed by atoms with Crippen molar-refractivity contribution in [3.63, 3.8) is 0 Å². The van der Waals surface area contributed by atoms with E-state index in [0.29, 0.717) is 6.54 Å². The summed E-state index contributed by atoms with van der Waals surface area (Å²) in [5, 5.41) is 3.06. The smallest absolute Gasteiger partial charge is 0.237 e. The highest BCUT2D eigenvalue weighted by Crippen LogP contribution is 2.20. The van der Waals surface area contributed by atoms with Gasteiger partial charge in [-0.1, -0.05) is 67.1 Å². The lowest BCUT2D eigenvalue weighted by molar-refractivity contribution is -0.128. The fourth-order valence-corrected chi connectivity index (χ4v) is 3.44. The molecule has 2 atom stereocenters. The van der Waals surface area contributed by atoms with Crippen molar-refractivity contribution >= 4 is 30.7 Å². The molecule has 1 fully saturated rings. The number of nitrogens with zero attached hydrogens (tertiary/aromatic N) is 1. The molecule has 2 aromatic rings. The second-order valence-corrected chi connectivity index (χ2v) is 6.73. The van der Waals surface area contributed by atoms with Gasteiger partial charge in [0.15, 0.2) is 0 Å². The van der Waals surface area contributed by atoms with Crippen LogP contribution in [0.4, 0.5) is 0 Å². The highest BCUT2D eigenvalue weighted by molar-refractivity contribution is 5.85. The molecular weight excluding hydrogens is 381 g/mol. The number of carbonyl (C=O) groups excluding carboxylic acids is 1. The zero-order valence-corrected chi connectivity index (χ0v) is 17.1. The molecule has 2 unspecified atom stereocenters. The molecular formula is C21H29Cl2N3O. The molecule has 3 rings (SSSR count). The van der Waals surface area contributed by atoms with Crippen molar-refractivity contribution in [2.75, 3.05) is 13.1 Å². The number of rotatable bonds is 6. The van der Waals surface area contributed by atoms with E-state index in [0.717, 1.165) is 37.9 Å². The van der Waals surface area contributed by atoms with Gasteiger partial charge in [-0.2, -0.15) is 0 Å². The first-order chi connectivity index (χ1) is 12.2. The van der Waals surface area contributed by atoms with Crippen LogP contribution >= 0.6 is 24.8 Å². The zero-order valence-electron chi connectivity index (χ0n) is 15.4. The quantitative estimate of drug-likeness (QED) is 0.764. The Morgan fingerprint density at radius 1 is 1.04 bits per heavy atom. The summed E-state index contributed by atoms with van der Waals surface area (Å²) in [6.07, 6.45) is 3.17. The van der Waals surface area contributed by atoms with Gasteiger partial charge in [-0.15, -0.1) is 24.8 Å². The minimum atomic E-state index is -0.170. The first-order valence-electron chi connectivity index (χ1n) is 9.10. The van der Waals surface area contributed by atoms with Crippen molar-refractivity contribution in [2.24, 2.45) is 5.73 Å². The molecule has 1 saturated heterocycles. The Morgan fingerprint density at radius 2 is 1.67 bits per heavy atom. The molecule has 1 amide bonds. The van der Waals surface area contributed by atoms with Crippen LogP contribution in [0.2, 0.25) is 0 Å². The number of hydrogen-bond donors (Lipinski definition) is 2. The second kappa shape index (κ2) is 12.0. The van der Waals surface area contributed by atoms with Crippen LogP contribution in [0.25, 0.3) is 0 Å². The van der Waals surface area contributed by atoms with E-state index in [2.05, 4.69) is 22.3 Å². The zero-order chi connectivity index (χ0) is 17.5. The van der Waals surface area contributed by atoms with Gasteiger partial charge in [-0.25, -0.2) is 0 Å². The van der Waals surface area contributed by atoms with E-state index in [9.17, 15) is 4.79 Å². The lowest BCUT2D eigenvalue weighted by Crippen LogP contribution is -2.50. The average molecular weight is 410 g/mol. The molecule has 0 aromatic heterocycles. The number of nitrogens with two attached hydrogens (primary N) is 1. The van der Waals surface area contributed by atoms with Gasteiger partial charge < -0.3 is 11.1 Å². The summed E-state index contributed by atoms with van der Waals surface area (Å²) in [5.41, 5.74) is 8.50. The SMILES string of the molecule is Cl.Cl.NC(CNC(=O)C1CCCCN1Cc1ccccc1)c1ccccc1. The van der Waals surface area contributed by atoms with Crippen molar-refractivity contribution in [2.45, 2.75) is 37.9 Å². The van der Waals surface area contributed by atoms with Crippen molar-refractivity contribution < 1.29 is 4.79 Å². The number of carbonyl (C=O) groups is 1. The van der Waals surface area contributed by atoms with Crippen LogP contribution in [0.1, 0.15) is 36.4 Å². The summed E-state index contributed by atoms with van der Waals surface area (Å²) >= 11 is 0. The standard InChI is InChI=1S/C21H27N3O.2ClH/c22-19(18-11-5-2-6-12-18)15-23-21(25)20-13-7-8-14-24(20)16-17-9-3-1-4-10-17;;/h1-6,9-12,19-20H,7-8,13-16,22H2,(H,23,25);2*1H. The van der Waals surface area contributed by atoms with Gasteiger partial charge in [0, 0.05) is 19.1 Å². The van der Waals surface area contributed by atoms with Gasteiger partial charge >= 0.3 is 0 Å². The molecule has 0 bridgehead atoms. The normalized spacial score (nSPS) is 17.9. The molecule has 6 heteroatoms. The summed E-state index contributed by atoms with van der Waals surface area (Å²) in [5.74, 6) is 0.0991. The molecule has 0 spiro atoms. The maximum atomic E-state index is 12.7. The van der Waals surface area contributed by atoms with Crippen molar-refractivity contribution in [3.05, 3.63) is 71.8 Å². The Labute approximate surface area is 174 Å². The number of hydrogen-bond acceptors (Lipinski definition) is 3. The molecule has 27 heavy (non-hydrogen) atoms. The highest BCUT2D eigenvalue weighted by Gasteiger charge is 2.28.